The second kappa shape index (κ2) is 10.4. The molecule has 2 atom stereocenters. The number of aliphatic imine (C=N–C) groups is 1. The lowest BCUT2D eigenvalue weighted by atomic mass is 9.88. The Bertz CT molecular complexity index is 1180. The number of hydrogen-bond acceptors (Lipinski definition) is 6. The zero-order chi connectivity index (χ0) is 24.1. The largest absolute Gasteiger partial charge is 0.441 e. The molecule has 0 radical (unpaired) electrons. The predicted molar refractivity (Wildman–Crippen MR) is 127 cm³/mol. The third-order valence-electron chi connectivity index (χ3n) is 6.17. The molecule has 7 heteroatoms. The number of aliphatic hydroxyl groups excluding tert-OH is 1. The highest BCUT2D eigenvalue weighted by atomic mass is 16.5. The van der Waals surface area contributed by atoms with E-state index >= 15 is 0 Å². The molecular formula is C27H27N3O4. The predicted octanol–water partition coefficient (Wildman–Crippen LogP) is 3.63. The first-order chi connectivity index (χ1) is 16.5. The molecule has 0 spiro atoms. The molecule has 34 heavy (non-hydrogen) atoms. The van der Waals surface area contributed by atoms with Crippen molar-refractivity contribution in [3.05, 3.63) is 77.0 Å². The molecule has 2 aliphatic rings. The molecule has 2 heterocycles. The van der Waals surface area contributed by atoms with E-state index in [1.165, 1.54) is 4.90 Å². The van der Waals surface area contributed by atoms with Crippen LogP contribution >= 0.6 is 0 Å². The Balaban J connectivity index is 1.73. The van der Waals surface area contributed by atoms with E-state index in [-0.39, 0.29) is 30.9 Å². The van der Waals surface area contributed by atoms with Crippen molar-refractivity contribution in [1.29, 1.82) is 5.26 Å². The molecule has 7 nitrogen and oxygen atoms in total. The van der Waals surface area contributed by atoms with E-state index < -0.39 is 5.92 Å². The summed E-state index contributed by atoms with van der Waals surface area (Å²) in [4.78, 5) is 32.4. The van der Waals surface area contributed by atoms with Gasteiger partial charge in [-0.2, -0.15) is 5.26 Å². The van der Waals surface area contributed by atoms with Crippen molar-refractivity contribution in [2.75, 3.05) is 13.2 Å². The van der Waals surface area contributed by atoms with E-state index in [2.05, 4.69) is 6.07 Å². The lowest BCUT2D eigenvalue weighted by Gasteiger charge is -2.27. The molecule has 0 fully saturated rings. The number of benzene rings is 2. The minimum absolute atomic E-state index is 0.0948. The van der Waals surface area contributed by atoms with E-state index in [4.69, 9.17) is 9.73 Å². The quantitative estimate of drug-likeness (QED) is 0.668. The monoisotopic (exact) mass is 457 g/mol. The molecule has 174 valence electrons. The number of amides is 2. The van der Waals surface area contributed by atoms with Crippen LogP contribution in [-0.2, 0) is 16.0 Å². The first kappa shape index (κ1) is 23.4. The molecule has 0 bridgehead atoms. The lowest BCUT2D eigenvalue weighted by Crippen LogP contribution is -2.41. The SMILES string of the molecule is CC1CC2=C(CC(Cc3ccccc3)C(Oc3ccccc3C#N)=N2)C(=O)N(CCCO)C1=O. The number of imide groups is 1. The molecule has 0 aromatic heterocycles. The molecule has 1 N–H and O–H groups in total. The lowest BCUT2D eigenvalue weighted by molar-refractivity contribution is -0.144. The number of carbonyl (C=O) groups is 2. The van der Waals surface area contributed by atoms with Crippen LogP contribution in [0.5, 0.6) is 5.75 Å². The minimum Gasteiger partial charge on any atom is -0.441 e. The summed E-state index contributed by atoms with van der Waals surface area (Å²) in [5, 5.41) is 18.7. The molecule has 2 aliphatic heterocycles. The average molecular weight is 458 g/mol. The van der Waals surface area contributed by atoms with E-state index in [1.54, 1.807) is 31.2 Å². The second-order valence-electron chi connectivity index (χ2n) is 8.65. The summed E-state index contributed by atoms with van der Waals surface area (Å²) in [6.07, 6.45) is 1.65. The summed E-state index contributed by atoms with van der Waals surface area (Å²) in [6, 6.07) is 19.0. The minimum atomic E-state index is -0.419. The Morgan fingerprint density at radius 2 is 1.85 bits per heavy atom. The second-order valence-corrected chi connectivity index (χ2v) is 8.65. The normalized spacial score (nSPS) is 20.4. The highest BCUT2D eigenvalue weighted by molar-refractivity contribution is 6.07. The fraction of sp³-hybridized carbons (Fsp3) is 0.333. The summed E-state index contributed by atoms with van der Waals surface area (Å²) in [7, 11) is 0. The van der Waals surface area contributed by atoms with Gasteiger partial charge >= 0.3 is 0 Å². The molecule has 0 saturated carbocycles. The van der Waals surface area contributed by atoms with Crippen LogP contribution in [0.15, 0.2) is 70.9 Å². The van der Waals surface area contributed by atoms with Crippen molar-refractivity contribution in [1.82, 2.24) is 4.90 Å². The zero-order valence-corrected chi connectivity index (χ0v) is 19.1. The molecule has 0 saturated heterocycles. The van der Waals surface area contributed by atoms with Crippen LogP contribution in [0.25, 0.3) is 0 Å². The van der Waals surface area contributed by atoms with Gasteiger partial charge in [0.15, 0.2) is 5.90 Å². The summed E-state index contributed by atoms with van der Waals surface area (Å²) in [5.41, 5.74) is 2.56. The molecule has 4 rings (SSSR count). The van der Waals surface area contributed by atoms with Gasteiger partial charge in [-0.1, -0.05) is 49.4 Å². The third-order valence-corrected chi connectivity index (χ3v) is 6.17. The van der Waals surface area contributed by atoms with Gasteiger partial charge < -0.3 is 9.84 Å². The highest BCUT2D eigenvalue weighted by Crippen LogP contribution is 2.35. The van der Waals surface area contributed by atoms with Crippen LogP contribution in [0.2, 0.25) is 0 Å². The van der Waals surface area contributed by atoms with Crippen molar-refractivity contribution < 1.29 is 19.4 Å². The van der Waals surface area contributed by atoms with Gasteiger partial charge in [0.05, 0.1) is 11.3 Å². The average Bonchev–Trinajstić information content (AvgIpc) is 2.93. The van der Waals surface area contributed by atoms with Gasteiger partial charge in [-0.15, -0.1) is 0 Å². The number of carbonyl (C=O) groups excluding carboxylic acids is 2. The zero-order valence-electron chi connectivity index (χ0n) is 19.1. The van der Waals surface area contributed by atoms with E-state index in [0.717, 1.165) is 5.56 Å². The van der Waals surface area contributed by atoms with Crippen LogP contribution in [-0.4, -0.2) is 40.9 Å². The van der Waals surface area contributed by atoms with Crippen molar-refractivity contribution in [2.45, 2.75) is 32.6 Å². The van der Waals surface area contributed by atoms with E-state index in [9.17, 15) is 20.0 Å². The molecule has 2 aromatic rings. The number of hydrogen-bond donors (Lipinski definition) is 1. The number of para-hydroxylation sites is 1. The third kappa shape index (κ3) is 4.92. The standard InChI is InChI=1S/C27H27N3O4/c1-18-14-23-22(27(33)30(26(18)32)12-7-13-31)16-21(15-19-8-3-2-4-9-19)25(29-23)34-24-11-6-5-10-20(24)17-28/h2-6,8-11,18,21,31H,7,12-16H2,1H3. The first-order valence-corrected chi connectivity index (χ1v) is 11.5. The molecule has 0 aliphatic carbocycles. The van der Waals surface area contributed by atoms with Gasteiger partial charge in [0.25, 0.3) is 5.91 Å². The van der Waals surface area contributed by atoms with Crippen molar-refractivity contribution in [3.63, 3.8) is 0 Å². The van der Waals surface area contributed by atoms with Crippen LogP contribution in [0.3, 0.4) is 0 Å². The summed E-state index contributed by atoms with van der Waals surface area (Å²) in [5.74, 6) is -0.380. The van der Waals surface area contributed by atoms with Gasteiger partial charge in [0.1, 0.15) is 11.8 Å². The highest BCUT2D eigenvalue weighted by Gasteiger charge is 2.39. The van der Waals surface area contributed by atoms with E-state index in [0.29, 0.717) is 54.2 Å². The summed E-state index contributed by atoms with van der Waals surface area (Å²) >= 11 is 0. The van der Waals surface area contributed by atoms with Crippen molar-refractivity contribution in [3.8, 4) is 11.8 Å². The van der Waals surface area contributed by atoms with Crippen LogP contribution in [0.1, 0.15) is 37.3 Å². The maximum Gasteiger partial charge on any atom is 0.258 e. The number of allylic oxidation sites excluding steroid dienone is 1. The van der Waals surface area contributed by atoms with Gasteiger partial charge in [-0.3, -0.25) is 14.5 Å². The topological polar surface area (TPSA) is 103 Å². The van der Waals surface area contributed by atoms with Crippen LogP contribution in [0, 0.1) is 23.2 Å². The summed E-state index contributed by atoms with van der Waals surface area (Å²) < 4.78 is 6.19. The number of nitriles is 1. The maximum absolute atomic E-state index is 13.4. The molecular weight excluding hydrogens is 430 g/mol. The fourth-order valence-electron chi connectivity index (χ4n) is 4.39. The first-order valence-electron chi connectivity index (χ1n) is 11.5. The van der Waals surface area contributed by atoms with Crippen LogP contribution < -0.4 is 4.74 Å². The molecule has 2 aromatic carbocycles. The van der Waals surface area contributed by atoms with E-state index in [1.807, 2.05) is 30.3 Å². The number of aliphatic hydroxyl groups is 1. The number of rotatable bonds is 6. The Labute approximate surface area is 199 Å². The van der Waals surface area contributed by atoms with Crippen molar-refractivity contribution >= 4 is 17.7 Å². The Morgan fingerprint density at radius 3 is 2.59 bits per heavy atom. The Morgan fingerprint density at radius 1 is 1.12 bits per heavy atom. The van der Waals surface area contributed by atoms with Gasteiger partial charge in [0.2, 0.25) is 5.91 Å². The Kier molecular flexibility index (Phi) is 7.19. The molecule has 2 amide bonds. The number of nitrogens with zero attached hydrogens (tertiary/aromatic N) is 3. The number of ether oxygens (including phenoxy) is 1. The summed E-state index contributed by atoms with van der Waals surface area (Å²) in [6.45, 7) is 1.87. The Hall–Kier alpha value is -3.76. The fourth-order valence-corrected chi connectivity index (χ4v) is 4.39. The molecule has 2 unspecified atom stereocenters. The van der Waals surface area contributed by atoms with Crippen LogP contribution in [0.4, 0.5) is 0 Å². The maximum atomic E-state index is 13.4. The van der Waals surface area contributed by atoms with Gasteiger partial charge in [-0.25, -0.2) is 4.99 Å². The van der Waals surface area contributed by atoms with Crippen molar-refractivity contribution in [2.24, 2.45) is 16.8 Å². The smallest absolute Gasteiger partial charge is 0.258 e. The van der Waals surface area contributed by atoms with Gasteiger partial charge in [-0.05, 0) is 37.0 Å². The van der Waals surface area contributed by atoms with Gasteiger partial charge in [0, 0.05) is 37.0 Å².